The van der Waals surface area contributed by atoms with Gasteiger partial charge in [-0.25, -0.2) is 0 Å². The van der Waals surface area contributed by atoms with Gasteiger partial charge < -0.3 is 0 Å². The molecule has 2 aromatic rings. The topological polar surface area (TPSA) is 111 Å². The molecule has 0 aliphatic carbocycles. The molecule has 0 saturated heterocycles. The summed E-state index contributed by atoms with van der Waals surface area (Å²) < 4.78 is 7.98. The quantitative estimate of drug-likeness (QED) is 0.477. The second-order valence-corrected chi connectivity index (χ2v) is 4.49. The van der Waals surface area contributed by atoms with Crippen molar-refractivity contribution in [3.63, 3.8) is 0 Å². The monoisotopic (exact) mass is 315 g/mol. The van der Waals surface area contributed by atoms with E-state index in [1.54, 1.807) is 0 Å². The van der Waals surface area contributed by atoms with Crippen molar-refractivity contribution in [1.82, 2.24) is 0 Å². The Hall–Kier alpha value is -3.29. The molecule has 8 heteroatoms. The first-order valence-corrected chi connectivity index (χ1v) is 6.66. The summed E-state index contributed by atoms with van der Waals surface area (Å²) in [6.07, 6.45) is 1.26. The molecule has 0 radical (unpaired) electrons. The minimum Gasteiger partial charge on any atom is -0.272 e. The van der Waals surface area contributed by atoms with Crippen molar-refractivity contribution in [2.75, 3.05) is 5.43 Å². The fourth-order valence-corrected chi connectivity index (χ4v) is 1.82. The van der Waals surface area contributed by atoms with E-state index in [-0.39, 0.29) is 11.4 Å². The van der Waals surface area contributed by atoms with Gasteiger partial charge in [-0.15, -0.1) is 0 Å². The van der Waals surface area contributed by atoms with Crippen LogP contribution in [-0.4, -0.2) is 16.1 Å². The van der Waals surface area contributed by atoms with E-state index < -0.39 is 21.9 Å². The van der Waals surface area contributed by atoms with Crippen LogP contribution in [0.15, 0.2) is 53.6 Å². The number of nitro groups is 2. The zero-order chi connectivity index (χ0) is 17.5. The molecule has 0 amide bonds. The van der Waals surface area contributed by atoms with E-state index in [0.29, 0.717) is 6.42 Å². The Morgan fingerprint density at radius 1 is 1.13 bits per heavy atom. The van der Waals surface area contributed by atoms with E-state index in [0.717, 1.165) is 17.7 Å². The minimum atomic E-state index is -0.720. The number of benzene rings is 2. The van der Waals surface area contributed by atoms with Gasteiger partial charge in [-0.2, -0.15) is 5.10 Å². The van der Waals surface area contributed by atoms with E-state index in [1.807, 2.05) is 30.3 Å². The average Bonchev–Trinajstić information content (AvgIpc) is 2.59. The third kappa shape index (κ3) is 4.60. The molecule has 0 heterocycles. The maximum absolute atomic E-state index is 11.0. The fourth-order valence-electron chi connectivity index (χ4n) is 1.82. The molecule has 0 bridgehead atoms. The van der Waals surface area contributed by atoms with Crippen LogP contribution in [0.4, 0.5) is 17.1 Å². The van der Waals surface area contributed by atoms with Crippen molar-refractivity contribution in [3.8, 4) is 0 Å². The van der Waals surface area contributed by atoms with Crippen LogP contribution in [0, 0.1) is 20.2 Å². The Labute approximate surface area is 133 Å². The van der Waals surface area contributed by atoms with Gasteiger partial charge in [0.05, 0.1) is 15.9 Å². The van der Waals surface area contributed by atoms with E-state index >= 15 is 0 Å². The highest BCUT2D eigenvalue weighted by molar-refractivity contribution is 5.67. The summed E-state index contributed by atoms with van der Waals surface area (Å²) in [6, 6.07) is 12.5. The van der Waals surface area contributed by atoms with Crippen LogP contribution in [0.2, 0.25) is 0 Å². The van der Waals surface area contributed by atoms with Gasteiger partial charge in [0, 0.05) is 13.7 Å². The third-order valence-corrected chi connectivity index (χ3v) is 2.92. The Morgan fingerprint density at radius 3 is 2.52 bits per heavy atom. The molecule has 0 fully saturated rings. The summed E-state index contributed by atoms with van der Waals surface area (Å²) in [5.41, 5.74) is 2.57. The highest BCUT2D eigenvalue weighted by atomic mass is 16.6. The number of rotatable bonds is 7. The minimum absolute atomic E-state index is 0.0445. The van der Waals surface area contributed by atoms with Gasteiger partial charge in [0.15, 0.2) is 0 Å². The number of hydrazone groups is 1. The maximum atomic E-state index is 11.0. The molecule has 0 spiro atoms. The van der Waals surface area contributed by atoms with E-state index in [4.69, 9.17) is 1.37 Å². The molecule has 2 aromatic carbocycles. The number of hydrogen-bond donors (Lipinski definition) is 1. The average molecular weight is 315 g/mol. The first-order valence-electron chi connectivity index (χ1n) is 7.24. The third-order valence-electron chi connectivity index (χ3n) is 2.92. The van der Waals surface area contributed by atoms with Crippen LogP contribution >= 0.6 is 0 Å². The van der Waals surface area contributed by atoms with Gasteiger partial charge in [0.2, 0.25) is 0 Å². The lowest BCUT2D eigenvalue weighted by Crippen LogP contribution is -1.98. The smallest absolute Gasteiger partial charge is 0.272 e. The Balaban J connectivity index is 2.03. The van der Waals surface area contributed by atoms with Gasteiger partial charge in [-0.1, -0.05) is 30.3 Å². The van der Waals surface area contributed by atoms with Gasteiger partial charge >= 0.3 is 5.69 Å². The first kappa shape index (κ1) is 14.6. The lowest BCUT2D eigenvalue weighted by atomic mass is 10.1. The summed E-state index contributed by atoms with van der Waals surface area (Å²) >= 11 is 0. The number of nitro benzene ring substituents is 2. The zero-order valence-corrected chi connectivity index (χ0v) is 12.0. The van der Waals surface area contributed by atoms with Crippen molar-refractivity contribution >= 4 is 23.3 Å². The molecule has 1 unspecified atom stereocenters. The standard InChI is InChI=1S/C15H14N4O4/c20-18(21)13-8-9-14(15(11-13)19(22)23)17-16-10-4-7-12-5-2-1-3-6-12/h1-3,5-6,8-11,17H,4,7H2/b16-10+/i7D. The van der Waals surface area contributed by atoms with Crippen LogP contribution in [0.5, 0.6) is 0 Å². The lowest BCUT2D eigenvalue weighted by Gasteiger charge is -2.02. The SMILES string of the molecule is [2H]C(C/C=N/Nc1ccc([N+](=O)[O-])cc1[N+](=O)[O-])c1ccccc1. The molecule has 0 aliphatic heterocycles. The molecule has 0 aliphatic rings. The van der Waals surface area contributed by atoms with Gasteiger partial charge in [-0.05, 0) is 24.4 Å². The predicted molar refractivity (Wildman–Crippen MR) is 86.6 cm³/mol. The van der Waals surface area contributed by atoms with Crippen LogP contribution < -0.4 is 5.43 Å². The van der Waals surface area contributed by atoms with Crippen LogP contribution in [-0.2, 0) is 6.40 Å². The summed E-state index contributed by atoms with van der Waals surface area (Å²) in [5, 5.41) is 25.5. The zero-order valence-electron chi connectivity index (χ0n) is 13.0. The predicted octanol–water partition coefficient (Wildman–Crippen LogP) is 3.53. The number of nitrogens with one attached hydrogen (secondary N) is 1. The number of nitrogens with zero attached hydrogens (tertiary/aromatic N) is 3. The van der Waals surface area contributed by atoms with Crippen LogP contribution in [0.1, 0.15) is 13.4 Å². The molecule has 8 nitrogen and oxygen atoms in total. The summed E-state index contributed by atoms with van der Waals surface area (Å²) in [5.74, 6) is 0. The largest absolute Gasteiger partial charge is 0.301 e. The number of anilines is 1. The van der Waals surface area contributed by atoms with Crippen molar-refractivity contribution in [2.24, 2.45) is 5.10 Å². The molecule has 1 N–H and O–H groups in total. The molecule has 2 rings (SSSR count). The normalized spacial score (nSPS) is 12.6. The molecule has 1 atom stereocenters. The molecular formula is C15H14N4O4. The van der Waals surface area contributed by atoms with Gasteiger partial charge in [0.1, 0.15) is 5.69 Å². The lowest BCUT2D eigenvalue weighted by molar-refractivity contribution is -0.393. The Morgan fingerprint density at radius 2 is 1.87 bits per heavy atom. The van der Waals surface area contributed by atoms with Crippen molar-refractivity contribution in [3.05, 3.63) is 74.3 Å². The number of non-ortho nitro benzene ring substituents is 1. The Kier molecular flexibility index (Phi) is 4.86. The number of hydrogen-bond acceptors (Lipinski definition) is 6. The summed E-state index contributed by atoms with van der Waals surface area (Å²) in [6.45, 7) is 0. The second kappa shape index (κ2) is 7.64. The van der Waals surface area contributed by atoms with E-state index in [9.17, 15) is 20.2 Å². The van der Waals surface area contributed by atoms with E-state index in [2.05, 4.69) is 10.5 Å². The Bertz CT molecular complexity index is 767. The molecule has 0 saturated carbocycles. The first-order chi connectivity index (χ1) is 11.5. The van der Waals surface area contributed by atoms with Gasteiger partial charge in [-0.3, -0.25) is 25.7 Å². The number of aryl methyl sites for hydroxylation is 1. The highest BCUT2D eigenvalue weighted by Gasteiger charge is 2.18. The molecule has 0 aromatic heterocycles. The van der Waals surface area contributed by atoms with Crippen molar-refractivity contribution in [1.29, 1.82) is 0 Å². The van der Waals surface area contributed by atoms with Crippen LogP contribution in [0.25, 0.3) is 0 Å². The van der Waals surface area contributed by atoms with E-state index in [1.165, 1.54) is 12.3 Å². The molecule has 23 heavy (non-hydrogen) atoms. The second-order valence-electron chi connectivity index (χ2n) is 4.49. The highest BCUT2D eigenvalue weighted by Crippen LogP contribution is 2.28. The summed E-state index contributed by atoms with van der Waals surface area (Å²) in [7, 11) is 0. The fraction of sp³-hybridized carbons (Fsp3) is 0.133. The molecule has 118 valence electrons. The summed E-state index contributed by atoms with van der Waals surface area (Å²) in [4.78, 5) is 20.2. The van der Waals surface area contributed by atoms with Gasteiger partial charge in [0.25, 0.3) is 5.69 Å². The van der Waals surface area contributed by atoms with Crippen LogP contribution in [0.3, 0.4) is 0 Å². The molecular weight excluding hydrogens is 300 g/mol. The van der Waals surface area contributed by atoms with Crippen molar-refractivity contribution < 1.29 is 11.2 Å². The van der Waals surface area contributed by atoms with Crippen molar-refractivity contribution in [2.45, 2.75) is 12.8 Å². The maximum Gasteiger partial charge on any atom is 0.301 e.